The average Bonchev–Trinajstić information content (AvgIpc) is 3.10. The first-order chi connectivity index (χ1) is 10.9. The molecule has 0 saturated carbocycles. The summed E-state index contributed by atoms with van der Waals surface area (Å²) < 4.78 is 5.25. The molecular formula is C17H23N3O3. The Kier molecular flexibility index (Phi) is 3.92. The lowest BCUT2D eigenvalue weighted by Crippen LogP contribution is -2.39. The quantitative estimate of drug-likeness (QED) is 0.836. The number of hydrogen-bond donors (Lipinski definition) is 0. The van der Waals surface area contributed by atoms with Gasteiger partial charge in [-0.1, -0.05) is 6.07 Å². The molecule has 2 saturated heterocycles. The minimum atomic E-state index is -0.119. The summed E-state index contributed by atoms with van der Waals surface area (Å²) in [6.45, 7) is 2.03. The molecule has 0 aliphatic carbocycles. The van der Waals surface area contributed by atoms with Crippen molar-refractivity contribution in [3.05, 3.63) is 24.3 Å². The molecule has 1 spiro atoms. The highest BCUT2D eigenvalue weighted by atomic mass is 16.5. The molecule has 0 bridgehead atoms. The highest BCUT2D eigenvalue weighted by molar-refractivity contribution is 5.96. The zero-order chi connectivity index (χ0) is 16.6. The van der Waals surface area contributed by atoms with E-state index in [9.17, 15) is 9.59 Å². The Morgan fingerprint density at radius 3 is 2.78 bits per heavy atom. The van der Waals surface area contributed by atoms with Crippen LogP contribution in [0.1, 0.15) is 12.8 Å². The van der Waals surface area contributed by atoms with E-state index >= 15 is 0 Å². The number of ether oxygens (including phenoxy) is 1. The Bertz CT molecular complexity index is 631. The van der Waals surface area contributed by atoms with E-state index in [1.165, 1.54) is 0 Å². The van der Waals surface area contributed by atoms with Crippen molar-refractivity contribution >= 4 is 17.6 Å². The predicted octanol–water partition coefficient (Wildman–Crippen LogP) is 1.81. The van der Waals surface area contributed by atoms with Gasteiger partial charge in [0.15, 0.2) is 0 Å². The van der Waals surface area contributed by atoms with Crippen molar-refractivity contribution in [1.82, 2.24) is 9.80 Å². The highest BCUT2D eigenvalue weighted by Gasteiger charge is 2.49. The maximum Gasteiger partial charge on any atom is 0.319 e. The van der Waals surface area contributed by atoms with Crippen LogP contribution in [0.15, 0.2) is 24.3 Å². The van der Waals surface area contributed by atoms with E-state index in [-0.39, 0.29) is 17.4 Å². The van der Waals surface area contributed by atoms with E-state index in [4.69, 9.17) is 4.74 Å². The number of methoxy groups -OCH3 is 1. The summed E-state index contributed by atoms with van der Waals surface area (Å²) in [7, 11) is 5.14. The molecular weight excluding hydrogens is 294 g/mol. The van der Waals surface area contributed by atoms with E-state index in [0.29, 0.717) is 19.5 Å². The van der Waals surface area contributed by atoms with E-state index in [1.54, 1.807) is 26.1 Å². The van der Waals surface area contributed by atoms with Crippen LogP contribution in [0.5, 0.6) is 5.75 Å². The van der Waals surface area contributed by atoms with Crippen molar-refractivity contribution in [2.45, 2.75) is 12.8 Å². The predicted molar refractivity (Wildman–Crippen MR) is 87.7 cm³/mol. The van der Waals surface area contributed by atoms with Crippen LogP contribution in [-0.2, 0) is 4.79 Å². The molecule has 6 nitrogen and oxygen atoms in total. The van der Waals surface area contributed by atoms with Crippen molar-refractivity contribution in [3.8, 4) is 5.75 Å². The van der Waals surface area contributed by atoms with Crippen LogP contribution in [0.25, 0.3) is 0 Å². The van der Waals surface area contributed by atoms with Gasteiger partial charge in [0.1, 0.15) is 5.75 Å². The van der Waals surface area contributed by atoms with Gasteiger partial charge in [0.25, 0.3) is 0 Å². The number of nitrogens with zero attached hydrogens (tertiary/aromatic N) is 3. The molecule has 0 unspecified atom stereocenters. The molecule has 1 atom stereocenters. The molecule has 6 heteroatoms. The number of carbonyl (C=O) groups excluding carboxylic acids is 2. The lowest BCUT2D eigenvalue weighted by Gasteiger charge is -2.25. The number of rotatable bonds is 2. The second-order valence-electron chi connectivity index (χ2n) is 6.71. The molecule has 2 fully saturated rings. The summed E-state index contributed by atoms with van der Waals surface area (Å²) in [6, 6.07) is 7.59. The van der Waals surface area contributed by atoms with Gasteiger partial charge in [-0.3, -0.25) is 4.79 Å². The van der Waals surface area contributed by atoms with Gasteiger partial charge in [0, 0.05) is 57.3 Å². The third-order valence-corrected chi connectivity index (χ3v) is 4.78. The van der Waals surface area contributed by atoms with Crippen molar-refractivity contribution in [3.63, 3.8) is 0 Å². The van der Waals surface area contributed by atoms with E-state index in [2.05, 4.69) is 0 Å². The third-order valence-electron chi connectivity index (χ3n) is 4.78. The summed E-state index contributed by atoms with van der Waals surface area (Å²) in [5.74, 6) is 0.865. The Hall–Kier alpha value is -2.24. The molecule has 2 aliphatic rings. The van der Waals surface area contributed by atoms with Gasteiger partial charge >= 0.3 is 6.03 Å². The Labute approximate surface area is 136 Å². The lowest BCUT2D eigenvalue weighted by molar-refractivity contribution is -0.117. The molecule has 1 aromatic rings. The van der Waals surface area contributed by atoms with Crippen LogP contribution >= 0.6 is 0 Å². The lowest BCUT2D eigenvalue weighted by atomic mass is 9.86. The maximum absolute atomic E-state index is 12.5. The summed E-state index contributed by atoms with van der Waals surface area (Å²) in [4.78, 5) is 29.9. The minimum absolute atomic E-state index is 0.0224. The minimum Gasteiger partial charge on any atom is -0.497 e. The topological polar surface area (TPSA) is 53.1 Å². The number of anilines is 1. The van der Waals surface area contributed by atoms with Crippen LogP contribution < -0.4 is 9.64 Å². The largest absolute Gasteiger partial charge is 0.497 e. The Morgan fingerprint density at radius 2 is 2.09 bits per heavy atom. The van der Waals surface area contributed by atoms with Gasteiger partial charge in [-0.15, -0.1) is 0 Å². The van der Waals surface area contributed by atoms with Gasteiger partial charge in [-0.2, -0.15) is 0 Å². The molecule has 1 aromatic carbocycles. The number of hydrogen-bond acceptors (Lipinski definition) is 3. The van der Waals surface area contributed by atoms with E-state index in [1.807, 2.05) is 34.1 Å². The van der Waals surface area contributed by atoms with Gasteiger partial charge in [-0.05, 0) is 18.6 Å². The normalized spacial score (nSPS) is 23.7. The van der Waals surface area contributed by atoms with Gasteiger partial charge in [0.05, 0.1) is 7.11 Å². The molecule has 0 radical (unpaired) electrons. The molecule has 2 heterocycles. The number of amides is 3. The van der Waals surface area contributed by atoms with Crippen molar-refractivity contribution in [2.24, 2.45) is 5.41 Å². The zero-order valence-electron chi connectivity index (χ0n) is 13.9. The van der Waals surface area contributed by atoms with Crippen LogP contribution in [0.2, 0.25) is 0 Å². The number of likely N-dealkylation sites (tertiary alicyclic amines) is 1. The van der Waals surface area contributed by atoms with Crippen LogP contribution in [0.3, 0.4) is 0 Å². The molecule has 0 aromatic heterocycles. The van der Waals surface area contributed by atoms with Gasteiger partial charge in [0.2, 0.25) is 5.91 Å². The Balaban J connectivity index is 1.76. The second-order valence-corrected chi connectivity index (χ2v) is 6.71. The first kappa shape index (κ1) is 15.6. The summed E-state index contributed by atoms with van der Waals surface area (Å²) >= 11 is 0. The van der Waals surface area contributed by atoms with Gasteiger partial charge in [-0.25, -0.2) is 4.79 Å². The highest BCUT2D eigenvalue weighted by Crippen LogP contribution is 2.42. The monoisotopic (exact) mass is 317 g/mol. The molecule has 0 N–H and O–H groups in total. The van der Waals surface area contributed by atoms with E-state index < -0.39 is 0 Å². The number of carbonyl (C=O) groups is 2. The number of urea groups is 1. The first-order valence-electron chi connectivity index (χ1n) is 7.85. The van der Waals surface area contributed by atoms with Crippen LogP contribution in [0.4, 0.5) is 10.5 Å². The molecule has 23 heavy (non-hydrogen) atoms. The van der Waals surface area contributed by atoms with Crippen LogP contribution in [-0.4, -0.2) is 62.6 Å². The Morgan fingerprint density at radius 1 is 1.30 bits per heavy atom. The fourth-order valence-electron chi connectivity index (χ4n) is 3.56. The average molecular weight is 317 g/mol. The van der Waals surface area contributed by atoms with Gasteiger partial charge < -0.3 is 19.4 Å². The second kappa shape index (κ2) is 5.76. The fourth-order valence-corrected chi connectivity index (χ4v) is 3.56. The molecule has 3 amide bonds. The van der Waals surface area contributed by atoms with E-state index in [0.717, 1.165) is 24.4 Å². The van der Waals surface area contributed by atoms with Crippen molar-refractivity contribution < 1.29 is 14.3 Å². The summed E-state index contributed by atoms with van der Waals surface area (Å²) in [5.41, 5.74) is 0.745. The first-order valence-corrected chi connectivity index (χ1v) is 7.85. The van der Waals surface area contributed by atoms with Crippen molar-refractivity contribution in [1.29, 1.82) is 0 Å². The molecule has 2 aliphatic heterocycles. The number of benzene rings is 1. The summed E-state index contributed by atoms with van der Waals surface area (Å²) in [5, 5.41) is 0. The molecule has 124 valence electrons. The van der Waals surface area contributed by atoms with Crippen LogP contribution in [0, 0.1) is 5.41 Å². The maximum atomic E-state index is 12.5. The summed E-state index contributed by atoms with van der Waals surface area (Å²) in [6.07, 6.45) is 1.38. The third kappa shape index (κ3) is 2.85. The standard InChI is InChI=1S/C17H23N3O3/c1-18(2)16(22)19-8-7-17(11-19)10-15(21)20(12-17)13-5-4-6-14(9-13)23-3/h4-6,9H,7-8,10-12H2,1-3H3/t17-/m0/s1. The fraction of sp³-hybridized carbons (Fsp3) is 0.529. The smallest absolute Gasteiger partial charge is 0.319 e. The zero-order valence-corrected chi connectivity index (χ0v) is 13.9. The SMILES string of the molecule is COc1cccc(N2C[C@@]3(CCN(C(=O)N(C)C)C3)CC2=O)c1. The molecule has 3 rings (SSSR count). The van der Waals surface area contributed by atoms with Crippen molar-refractivity contribution in [2.75, 3.05) is 45.7 Å².